The van der Waals surface area contributed by atoms with Gasteiger partial charge in [0.05, 0.1) is 17.1 Å². The van der Waals surface area contributed by atoms with Gasteiger partial charge in [0.25, 0.3) is 0 Å². The lowest BCUT2D eigenvalue weighted by atomic mass is 10.1. The first kappa shape index (κ1) is 11.7. The normalized spacial score (nSPS) is 13.5. The molecule has 0 bridgehead atoms. The molecule has 2 nitrogen and oxygen atoms in total. The van der Waals surface area contributed by atoms with Crippen LogP contribution in [-0.2, 0) is 0 Å². The van der Waals surface area contributed by atoms with Crippen LogP contribution in [0.4, 0.5) is 17.1 Å². The maximum atomic E-state index is 4.73. The average Bonchev–Trinajstić information content (AvgIpc) is 2.48. The molecule has 0 saturated heterocycles. The standard InChI is InChI=1S/C15H13IN2/c1-10-7-8-12-14(9-10)18(2)13-6-4-3-5-11(13)15(16)17-12/h3-9H,1-2H3. The van der Waals surface area contributed by atoms with E-state index in [1.165, 1.54) is 16.8 Å². The largest absolute Gasteiger partial charge is 0.342 e. The minimum absolute atomic E-state index is 1.03. The van der Waals surface area contributed by atoms with E-state index in [2.05, 4.69) is 83.9 Å². The summed E-state index contributed by atoms with van der Waals surface area (Å²) in [6.07, 6.45) is 0. The minimum atomic E-state index is 1.03. The Hall–Kier alpha value is -1.36. The van der Waals surface area contributed by atoms with Gasteiger partial charge in [0.2, 0.25) is 0 Å². The molecule has 1 aliphatic heterocycles. The lowest BCUT2D eigenvalue weighted by Crippen LogP contribution is -2.11. The molecule has 1 heterocycles. The van der Waals surface area contributed by atoms with Gasteiger partial charge in [-0.25, -0.2) is 4.99 Å². The Morgan fingerprint density at radius 1 is 1.06 bits per heavy atom. The smallest absolute Gasteiger partial charge is 0.111 e. The molecule has 3 rings (SSSR count). The average molecular weight is 348 g/mol. The second kappa shape index (κ2) is 4.39. The summed E-state index contributed by atoms with van der Waals surface area (Å²) in [5, 5.41) is 0. The fraction of sp³-hybridized carbons (Fsp3) is 0.133. The number of para-hydroxylation sites is 1. The highest BCUT2D eigenvalue weighted by Gasteiger charge is 2.18. The number of fused-ring (bicyclic) bond motifs is 2. The number of hydrogen-bond donors (Lipinski definition) is 0. The van der Waals surface area contributed by atoms with Crippen molar-refractivity contribution in [3.63, 3.8) is 0 Å². The number of benzene rings is 2. The van der Waals surface area contributed by atoms with E-state index in [0.29, 0.717) is 0 Å². The summed E-state index contributed by atoms with van der Waals surface area (Å²) in [5.74, 6) is 0. The predicted octanol–water partition coefficient (Wildman–Crippen LogP) is 4.59. The van der Waals surface area contributed by atoms with Gasteiger partial charge >= 0.3 is 0 Å². The highest BCUT2D eigenvalue weighted by molar-refractivity contribution is 14.1. The van der Waals surface area contributed by atoms with Crippen molar-refractivity contribution >= 4 is 43.4 Å². The lowest BCUT2D eigenvalue weighted by Gasteiger charge is -2.21. The summed E-state index contributed by atoms with van der Waals surface area (Å²) in [6.45, 7) is 2.11. The van der Waals surface area contributed by atoms with Crippen LogP contribution in [0.1, 0.15) is 11.1 Å². The Kier molecular flexibility index (Phi) is 2.86. The zero-order chi connectivity index (χ0) is 12.7. The van der Waals surface area contributed by atoms with Crippen LogP contribution in [0.3, 0.4) is 0 Å². The maximum absolute atomic E-state index is 4.73. The van der Waals surface area contributed by atoms with Crippen LogP contribution in [0.2, 0.25) is 0 Å². The summed E-state index contributed by atoms with van der Waals surface area (Å²) in [4.78, 5) is 6.95. The van der Waals surface area contributed by atoms with E-state index in [1.807, 2.05) is 0 Å². The molecule has 0 N–H and O–H groups in total. The predicted molar refractivity (Wildman–Crippen MR) is 85.9 cm³/mol. The fourth-order valence-electron chi connectivity index (χ4n) is 2.23. The second-order valence-corrected chi connectivity index (χ2v) is 5.49. The monoisotopic (exact) mass is 348 g/mol. The van der Waals surface area contributed by atoms with Crippen LogP contribution in [0, 0.1) is 6.92 Å². The molecule has 0 fully saturated rings. The molecular formula is C15H13IN2. The fourth-order valence-corrected chi connectivity index (χ4v) is 2.95. The molecule has 0 aromatic heterocycles. The minimum Gasteiger partial charge on any atom is -0.342 e. The van der Waals surface area contributed by atoms with Crippen LogP contribution >= 0.6 is 22.6 Å². The van der Waals surface area contributed by atoms with Crippen LogP contribution in [0.15, 0.2) is 47.5 Å². The van der Waals surface area contributed by atoms with Gasteiger partial charge in [0.15, 0.2) is 0 Å². The molecule has 0 aliphatic carbocycles. The molecule has 1 aliphatic rings. The number of aliphatic imine (C=N–C) groups is 1. The van der Waals surface area contributed by atoms with Crippen LogP contribution in [0.5, 0.6) is 0 Å². The summed E-state index contributed by atoms with van der Waals surface area (Å²) in [7, 11) is 2.10. The van der Waals surface area contributed by atoms with Gasteiger partial charge in [-0.3, -0.25) is 0 Å². The van der Waals surface area contributed by atoms with Crippen LogP contribution in [0.25, 0.3) is 0 Å². The number of aryl methyl sites for hydroxylation is 1. The second-order valence-electron chi connectivity index (χ2n) is 4.47. The van der Waals surface area contributed by atoms with E-state index in [-0.39, 0.29) is 0 Å². The number of hydrogen-bond acceptors (Lipinski definition) is 2. The summed E-state index contributed by atoms with van der Waals surface area (Å²) in [6, 6.07) is 14.8. The SMILES string of the molecule is Cc1ccc2c(c1)N(C)c1ccccc1C(I)=N2. The number of nitrogens with zero attached hydrogens (tertiary/aromatic N) is 2. The molecule has 0 atom stereocenters. The zero-order valence-electron chi connectivity index (χ0n) is 10.3. The first-order valence-electron chi connectivity index (χ1n) is 5.85. The number of rotatable bonds is 0. The first-order chi connectivity index (χ1) is 8.66. The molecule has 0 spiro atoms. The van der Waals surface area contributed by atoms with Crippen LogP contribution < -0.4 is 4.90 Å². The van der Waals surface area contributed by atoms with Gasteiger partial charge in [-0.1, -0.05) is 24.3 Å². The lowest BCUT2D eigenvalue weighted by molar-refractivity contribution is 1.20. The third-order valence-corrected chi connectivity index (χ3v) is 4.02. The quantitative estimate of drug-likeness (QED) is 0.636. The highest BCUT2D eigenvalue weighted by Crippen LogP contribution is 2.39. The first-order valence-corrected chi connectivity index (χ1v) is 6.92. The van der Waals surface area contributed by atoms with E-state index in [9.17, 15) is 0 Å². The van der Waals surface area contributed by atoms with E-state index in [4.69, 9.17) is 4.99 Å². The van der Waals surface area contributed by atoms with Gasteiger partial charge in [0.1, 0.15) is 3.72 Å². The zero-order valence-corrected chi connectivity index (χ0v) is 12.5. The molecule has 18 heavy (non-hydrogen) atoms. The molecule has 90 valence electrons. The molecule has 2 aromatic rings. The van der Waals surface area contributed by atoms with Crippen LogP contribution in [-0.4, -0.2) is 10.8 Å². The topological polar surface area (TPSA) is 15.6 Å². The van der Waals surface area contributed by atoms with Gasteiger partial charge in [-0.15, -0.1) is 0 Å². The van der Waals surface area contributed by atoms with Gasteiger partial charge in [-0.2, -0.15) is 0 Å². The Morgan fingerprint density at radius 2 is 1.83 bits per heavy atom. The molecule has 0 amide bonds. The number of halogens is 1. The van der Waals surface area contributed by atoms with Crippen molar-refractivity contribution in [2.45, 2.75) is 6.92 Å². The van der Waals surface area contributed by atoms with Gasteiger partial charge < -0.3 is 4.90 Å². The summed E-state index contributed by atoms with van der Waals surface area (Å²) < 4.78 is 1.04. The highest BCUT2D eigenvalue weighted by atomic mass is 127. The number of anilines is 2. The van der Waals surface area contributed by atoms with E-state index >= 15 is 0 Å². The van der Waals surface area contributed by atoms with Crippen molar-refractivity contribution in [3.8, 4) is 0 Å². The van der Waals surface area contributed by atoms with Crippen molar-refractivity contribution in [1.29, 1.82) is 0 Å². The maximum Gasteiger partial charge on any atom is 0.111 e. The third-order valence-electron chi connectivity index (χ3n) is 3.20. The molecular weight excluding hydrogens is 335 g/mol. The molecule has 2 aromatic carbocycles. The van der Waals surface area contributed by atoms with Crippen molar-refractivity contribution in [3.05, 3.63) is 53.6 Å². The summed E-state index contributed by atoms with van der Waals surface area (Å²) >= 11 is 2.31. The molecule has 0 radical (unpaired) electrons. The van der Waals surface area contributed by atoms with Gasteiger partial charge in [0, 0.05) is 12.6 Å². The van der Waals surface area contributed by atoms with Crippen molar-refractivity contribution in [2.24, 2.45) is 4.99 Å². The Balaban J connectivity index is 2.31. The van der Waals surface area contributed by atoms with E-state index < -0.39 is 0 Å². The van der Waals surface area contributed by atoms with E-state index in [0.717, 1.165) is 15.1 Å². The third kappa shape index (κ3) is 1.82. The van der Waals surface area contributed by atoms with E-state index in [1.54, 1.807) is 0 Å². The molecule has 0 saturated carbocycles. The Bertz CT molecular complexity index is 647. The van der Waals surface area contributed by atoms with Crippen molar-refractivity contribution < 1.29 is 0 Å². The molecule has 3 heteroatoms. The Morgan fingerprint density at radius 3 is 2.67 bits per heavy atom. The summed E-state index contributed by atoms with van der Waals surface area (Å²) in [5.41, 5.74) is 5.84. The van der Waals surface area contributed by atoms with Crippen molar-refractivity contribution in [1.82, 2.24) is 0 Å². The van der Waals surface area contributed by atoms with Gasteiger partial charge in [-0.05, 0) is 53.3 Å². The van der Waals surface area contributed by atoms with Crippen molar-refractivity contribution in [2.75, 3.05) is 11.9 Å². The molecule has 0 unspecified atom stereocenters. The Labute approximate surface area is 120 Å².